The van der Waals surface area contributed by atoms with E-state index in [9.17, 15) is 4.79 Å². The lowest BCUT2D eigenvalue weighted by Crippen LogP contribution is -2.26. The van der Waals surface area contributed by atoms with E-state index in [0.29, 0.717) is 6.54 Å². The Kier molecular flexibility index (Phi) is 15.0. The molecule has 0 radical (unpaired) electrons. The summed E-state index contributed by atoms with van der Waals surface area (Å²) in [5, 5.41) is 11.2. The van der Waals surface area contributed by atoms with Crippen molar-refractivity contribution in [1.82, 2.24) is 5.32 Å². The first kappa shape index (κ1) is 18.4. The normalized spacial score (nSPS) is 10.6. The highest BCUT2D eigenvalue weighted by molar-refractivity contribution is 5.76. The van der Waals surface area contributed by atoms with Crippen molar-refractivity contribution in [3.05, 3.63) is 0 Å². The van der Waals surface area contributed by atoms with Gasteiger partial charge in [0.05, 0.1) is 0 Å². The zero-order chi connectivity index (χ0) is 14.2. The largest absolute Gasteiger partial charge is 0.387 e. The molecule has 0 unspecified atom stereocenters. The van der Waals surface area contributed by atoms with Crippen molar-refractivity contribution in [3.8, 4) is 0 Å². The zero-order valence-corrected chi connectivity index (χ0v) is 12.8. The molecule has 0 aliphatic rings. The van der Waals surface area contributed by atoms with Crippen LogP contribution in [0.1, 0.15) is 84.0 Å². The summed E-state index contributed by atoms with van der Waals surface area (Å²) in [7, 11) is 0. The summed E-state index contributed by atoms with van der Waals surface area (Å²) < 4.78 is 0. The number of carbonyl (C=O) groups is 1. The molecule has 0 aromatic rings. The van der Waals surface area contributed by atoms with Crippen LogP contribution in [-0.4, -0.2) is 24.2 Å². The Morgan fingerprint density at radius 1 is 0.789 bits per heavy atom. The number of aliphatic hydroxyl groups excluding tert-OH is 1. The standard InChI is InChI=1S/C16H33NO2/c1-2-3-4-5-6-7-8-9-10-11-12-13-14-17-16(19)15-18/h18H,2-15H2,1H3,(H,17,19). The maximum absolute atomic E-state index is 10.8. The van der Waals surface area contributed by atoms with Crippen LogP contribution in [-0.2, 0) is 4.79 Å². The van der Waals surface area contributed by atoms with Crippen LogP contribution in [0.3, 0.4) is 0 Å². The number of amides is 1. The molecule has 0 aliphatic heterocycles. The molecule has 0 aliphatic carbocycles. The molecule has 0 atom stereocenters. The summed E-state index contributed by atoms with van der Waals surface area (Å²) in [6.07, 6.45) is 15.9. The van der Waals surface area contributed by atoms with Gasteiger partial charge in [-0.3, -0.25) is 4.79 Å². The molecule has 1 amide bonds. The Morgan fingerprint density at radius 2 is 1.21 bits per heavy atom. The molecule has 3 heteroatoms. The number of hydrogen-bond acceptors (Lipinski definition) is 2. The molecule has 0 saturated heterocycles. The van der Waals surface area contributed by atoms with Crippen LogP contribution in [0, 0.1) is 0 Å². The van der Waals surface area contributed by atoms with Gasteiger partial charge in [0, 0.05) is 6.54 Å². The predicted molar refractivity (Wildman–Crippen MR) is 81.2 cm³/mol. The van der Waals surface area contributed by atoms with E-state index >= 15 is 0 Å². The minimum Gasteiger partial charge on any atom is -0.387 e. The molecule has 0 bridgehead atoms. The summed E-state index contributed by atoms with van der Waals surface area (Å²) >= 11 is 0. The van der Waals surface area contributed by atoms with Crippen LogP contribution in [0.2, 0.25) is 0 Å². The average molecular weight is 271 g/mol. The molecule has 0 spiro atoms. The quantitative estimate of drug-likeness (QED) is 0.472. The lowest BCUT2D eigenvalue weighted by Gasteiger charge is -2.04. The van der Waals surface area contributed by atoms with Crippen molar-refractivity contribution in [3.63, 3.8) is 0 Å². The van der Waals surface area contributed by atoms with Crippen LogP contribution in [0.4, 0.5) is 0 Å². The number of unbranched alkanes of at least 4 members (excludes halogenated alkanes) is 11. The summed E-state index contributed by atoms with van der Waals surface area (Å²) in [6, 6.07) is 0. The van der Waals surface area contributed by atoms with Crippen molar-refractivity contribution in [2.75, 3.05) is 13.2 Å². The van der Waals surface area contributed by atoms with E-state index in [0.717, 1.165) is 6.42 Å². The molecule has 0 heterocycles. The second kappa shape index (κ2) is 15.5. The maximum Gasteiger partial charge on any atom is 0.245 e. The van der Waals surface area contributed by atoms with Gasteiger partial charge in [0.2, 0.25) is 5.91 Å². The fraction of sp³-hybridized carbons (Fsp3) is 0.938. The molecule has 0 saturated carbocycles. The molecule has 0 aromatic carbocycles. The minimum absolute atomic E-state index is 0.261. The van der Waals surface area contributed by atoms with Gasteiger partial charge in [-0.1, -0.05) is 77.6 Å². The summed E-state index contributed by atoms with van der Waals surface area (Å²) in [5.74, 6) is -0.261. The fourth-order valence-corrected chi connectivity index (χ4v) is 2.25. The fourth-order valence-electron chi connectivity index (χ4n) is 2.25. The highest BCUT2D eigenvalue weighted by atomic mass is 16.3. The number of carbonyl (C=O) groups excluding carboxylic acids is 1. The monoisotopic (exact) mass is 271 g/mol. The van der Waals surface area contributed by atoms with Crippen molar-refractivity contribution < 1.29 is 9.90 Å². The number of rotatable bonds is 14. The average Bonchev–Trinajstić information content (AvgIpc) is 2.43. The maximum atomic E-state index is 10.8. The summed E-state index contributed by atoms with van der Waals surface area (Å²) in [4.78, 5) is 10.8. The highest BCUT2D eigenvalue weighted by Crippen LogP contribution is 2.11. The number of aliphatic hydroxyl groups is 1. The number of hydrogen-bond donors (Lipinski definition) is 2. The van der Waals surface area contributed by atoms with E-state index < -0.39 is 6.61 Å². The predicted octanol–water partition coefficient (Wildman–Crippen LogP) is 3.80. The second-order valence-corrected chi connectivity index (χ2v) is 5.40. The van der Waals surface area contributed by atoms with E-state index in [-0.39, 0.29) is 5.91 Å². The van der Waals surface area contributed by atoms with E-state index in [4.69, 9.17) is 5.11 Å². The molecule has 2 N–H and O–H groups in total. The third-order valence-corrected chi connectivity index (χ3v) is 3.50. The molecule has 0 fully saturated rings. The lowest BCUT2D eigenvalue weighted by atomic mass is 10.1. The van der Waals surface area contributed by atoms with Gasteiger partial charge < -0.3 is 10.4 Å². The lowest BCUT2D eigenvalue weighted by molar-refractivity contribution is -0.123. The van der Waals surface area contributed by atoms with Crippen LogP contribution < -0.4 is 5.32 Å². The van der Waals surface area contributed by atoms with Gasteiger partial charge in [-0.15, -0.1) is 0 Å². The molecular weight excluding hydrogens is 238 g/mol. The number of nitrogens with one attached hydrogen (secondary N) is 1. The van der Waals surface area contributed by atoms with Gasteiger partial charge in [-0.2, -0.15) is 0 Å². The first-order chi connectivity index (χ1) is 9.31. The summed E-state index contributed by atoms with van der Waals surface area (Å²) in [5.41, 5.74) is 0. The van der Waals surface area contributed by atoms with Gasteiger partial charge in [0.1, 0.15) is 6.61 Å². The van der Waals surface area contributed by atoms with Gasteiger partial charge in [-0.25, -0.2) is 0 Å². The van der Waals surface area contributed by atoms with Crippen molar-refractivity contribution in [2.45, 2.75) is 84.0 Å². The van der Waals surface area contributed by atoms with E-state index in [2.05, 4.69) is 12.2 Å². The molecule has 3 nitrogen and oxygen atoms in total. The molecule has 19 heavy (non-hydrogen) atoms. The van der Waals surface area contributed by atoms with Gasteiger partial charge >= 0.3 is 0 Å². The van der Waals surface area contributed by atoms with Crippen LogP contribution >= 0.6 is 0 Å². The molecule has 114 valence electrons. The van der Waals surface area contributed by atoms with E-state index in [1.54, 1.807) is 0 Å². The third-order valence-electron chi connectivity index (χ3n) is 3.50. The van der Waals surface area contributed by atoms with Crippen LogP contribution in [0.5, 0.6) is 0 Å². The first-order valence-electron chi connectivity index (χ1n) is 8.18. The molecule has 0 rings (SSSR count). The van der Waals surface area contributed by atoms with Gasteiger partial charge in [0.15, 0.2) is 0 Å². The van der Waals surface area contributed by atoms with E-state index in [1.165, 1.54) is 70.6 Å². The Bertz CT molecular complexity index is 195. The minimum atomic E-state index is -0.391. The molecular formula is C16H33NO2. The van der Waals surface area contributed by atoms with Crippen LogP contribution in [0.25, 0.3) is 0 Å². The SMILES string of the molecule is CCCCCCCCCCCCCCNC(=O)CO. The van der Waals surface area contributed by atoms with Gasteiger partial charge in [-0.05, 0) is 6.42 Å². The van der Waals surface area contributed by atoms with Crippen molar-refractivity contribution in [1.29, 1.82) is 0 Å². The Morgan fingerprint density at radius 3 is 1.63 bits per heavy atom. The Hall–Kier alpha value is -0.570. The van der Waals surface area contributed by atoms with Gasteiger partial charge in [0.25, 0.3) is 0 Å². The van der Waals surface area contributed by atoms with Crippen LogP contribution in [0.15, 0.2) is 0 Å². The first-order valence-corrected chi connectivity index (χ1v) is 8.18. The smallest absolute Gasteiger partial charge is 0.245 e. The highest BCUT2D eigenvalue weighted by Gasteiger charge is 1.96. The summed E-state index contributed by atoms with van der Waals surface area (Å²) in [6.45, 7) is 2.57. The zero-order valence-electron chi connectivity index (χ0n) is 12.8. The Labute approximate surface area is 119 Å². The van der Waals surface area contributed by atoms with Crippen molar-refractivity contribution >= 4 is 5.91 Å². The Balaban J connectivity index is 2.97. The molecule has 0 aromatic heterocycles. The third kappa shape index (κ3) is 15.4. The van der Waals surface area contributed by atoms with Crippen molar-refractivity contribution in [2.24, 2.45) is 0 Å². The van der Waals surface area contributed by atoms with E-state index in [1.807, 2.05) is 0 Å². The second-order valence-electron chi connectivity index (χ2n) is 5.40. The topological polar surface area (TPSA) is 49.3 Å².